The summed E-state index contributed by atoms with van der Waals surface area (Å²) in [4.78, 5) is 4.42. The molecule has 0 amide bonds. The van der Waals surface area contributed by atoms with Gasteiger partial charge in [-0.1, -0.05) is 13.8 Å². The van der Waals surface area contributed by atoms with Crippen molar-refractivity contribution in [2.45, 2.75) is 19.8 Å². The molecule has 0 fully saturated rings. The second-order valence-corrected chi connectivity index (χ2v) is 4.31. The minimum atomic E-state index is -0.417. The van der Waals surface area contributed by atoms with Gasteiger partial charge in [0.2, 0.25) is 0 Å². The lowest BCUT2D eigenvalue weighted by Crippen LogP contribution is -1.97. The van der Waals surface area contributed by atoms with Gasteiger partial charge in [-0.2, -0.15) is 5.10 Å². The topological polar surface area (TPSA) is 56.7 Å². The molecule has 2 rings (SSSR count). The van der Waals surface area contributed by atoms with E-state index in [1.807, 2.05) is 20.9 Å². The van der Waals surface area contributed by atoms with Gasteiger partial charge in [0.15, 0.2) is 11.6 Å². The van der Waals surface area contributed by atoms with Crippen molar-refractivity contribution in [3.8, 4) is 11.4 Å². The maximum atomic E-state index is 13.1. The van der Waals surface area contributed by atoms with Crippen molar-refractivity contribution in [1.82, 2.24) is 14.8 Å². The Morgan fingerprint density at radius 3 is 2.59 bits per heavy atom. The van der Waals surface area contributed by atoms with Crippen LogP contribution in [0.25, 0.3) is 11.4 Å². The van der Waals surface area contributed by atoms with E-state index in [4.69, 9.17) is 5.73 Å². The third-order valence-corrected chi connectivity index (χ3v) is 2.55. The minimum absolute atomic E-state index is 0.122. The zero-order valence-corrected chi connectivity index (χ0v) is 10.1. The van der Waals surface area contributed by atoms with Crippen molar-refractivity contribution in [2.75, 3.05) is 5.73 Å². The molecule has 0 spiro atoms. The fraction of sp³-hybridized carbons (Fsp3) is 0.333. The molecule has 0 saturated carbocycles. The Morgan fingerprint density at radius 1 is 1.35 bits per heavy atom. The second-order valence-electron chi connectivity index (χ2n) is 4.31. The summed E-state index contributed by atoms with van der Waals surface area (Å²) in [5.41, 5.74) is 6.43. The molecule has 2 aromatic rings. The fourth-order valence-electron chi connectivity index (χ4n) is 1.58. The highest BCUT2D eigenvalue weighted by Gasteiger charge is 2.12. The summed E-state index contributed by atoms with van der Waals surface area (Å²) >= 11 is 0. The van der Waals surface area contributed by atoms with Gasteiger partial charge >= 0.3 is 0 Å². The van der Waals surface area contributed by atoms with Gasteiger partial charge < -0.3 is 5.73 Å². The van der Waals surface area contributed by atoms with Crippen LogP contribution in [0.5, 0.6) is 0 Å². The molecule has 0 radical (unpaired) electrons. The predicted molar refractivity (Wildman–Crippen MR) is 64.9 cm³/mol. The van der Waals surface area contributed by atoms with E-state index in [1.54, 1.807) is 16.8 Å². The number of anilines is 1. The third-order valence-electron chi connectivity index (χ3n) is 2.55. The Morgan fingerprint density at radius 2 is 2.06 bits per heavy atom. The number of benzene rings is 1. The molecule has 0 atom stereocenters. The van der Waals surface area contributed by atoms with E-state index >= 15 is 0 Å². The first kappa shape index (κ1) is 11.6. The first-order valence-electron chi connectivity index (χ1n) is 5.45. The van der Waals surface area contributed by atoms with Crippen molar-refractivity contribution < 1.29 is 4.39 Å². The van der Waals surface area contributed by atoms with Crippen LogP contribution in [0, 0.1) is 5.82 Å². The maximum absolute atomic E-state index is 13.1. The molecule has 90 valence electrons. The highest BCUT2D eigenvalue weighted by Crippen LogP contribution is 2.22. The summed E-state index contributed by atoms with van der Waals surface area (Å²) in [5.74, 6) is 1.30. The van der Waals surface area contributed by atoms with Gasteiger partial charge in [0, 0.05) is 18.5 Å². The van der Waals surface area contributed by atoms with Crippen molar-refractivity contribution >= 4 is 5.69 Å². The number of hydrogen-bond donors (Lipinski definition) is 1. The Labute approximate surface area is 99.3 Å². The average Bonchev–Trinajstić information content (AvgIpc) is 2.65. The van der Waals surface area contributed by atoms with E-state index < -0.39 is 5.82 Å². The summed E-state index contributed by atoms with van der Waals surface area (Å²) in [7, 11) is 1.81. The van der Waals surface area contributed by atoms with Gasteiger partial charge in [0.1, 0.15) is 5.82 Å². The van der Waals surface area contributed by atoms with Crippen LogP contribution in [0.4, 0.5) is 10.1 Å². The number of hydrogen-bond acceptors (Lipinski definition) is 3. The molecule has 1 aromatic heterocycles. The number of nitrogen functional groups attached to an aromatic ring is 1. The Kier molecular flexibility index (Phi) is 2.83. The minimum Gasteiger partial charge on any atom is -0.396 e. The molecule has 0 aliphatic rings. The highest BCUT2D eigenvalue weighted by atomic mass is 19.1. The van der Waals surface area contributed by atoms with Gasteiger partial charge in [0.05, 0.1) is 5.69 Å². The van der Waals surface area contributed by atoms with Crippen LogP contribution < -0.4 is 5.73 Å². The molecule has 5 heteroatoms. The van der Waals surface area contributed by atoms with E-state index in [9.17, 15) is 4.39 Å². The van der Waals surface area contributed by atoms with Crippen LogP contribution in [0.2, 0.25) is 0 Å². The second kappa shape index (κ2) is 4.16. The molecule has 1 aromatic carbocycles. The van der Waals surface area contributed by atoms with Gasteiger partial charge in [-0.25, -0.2) is 14.1 Å². The zero-order chi connectivity index (χ0) is 12.6. The Bertz CT molecular complexity index is 545. The summed E-state index contributed by atoms with van der Waals surface area (Å²) < 4.78 is 14.8. The van der Waals surface area contributed by atoms with Crippen molar-refractivity contribution in [2.24, 2.45) is 7.05 Å². The summed E-state index contributed by atoms with van der Waals surface area (Å²) in [6.45, 7) is 4.05. The monoisotopic (exact) mass is 234 g/mol. The Balaban J connectivity index is 2.49. The molecule has 0 unspecified atom stereocenters. The smallest absolute Gasteiger partial charge is 0.158 e. The van der Waals surface area contributed by atoms with Crippen LogP contribution in [-0.2, 0) is 7.05 Å². The predicted octanol–water partition coefficient (Wildman–Crippen LogP) is 2.33. The van der Waals surface area contributed by atoms with Gasteiger partial charge in [-0.05, 0) is 18.2 Å². The highest BCUT2D eigenvalue weighted by molar-refractivity contribution is 5.61. The van der Waals surface area contributed by atoms with E-state index in [-0.39, 0.29) is 11.6 Å². The third kappa shape index (κ3) is 2.13. The molecule has 17 heavy (non-hydrogen) atoms. The summed E-state index contributed by atoms with van der Waals surface area (Å²) in [5, 5.41) is 4.31. The number of nitrogens with zero attached hydrogens (tertiary/aromatic N) is 3. The fourth-order valence-corrected chi connectivity index (χ4v) is 1.58. The molecule has 0 bridgehead atoms. The first-order chi connectivity index (χ1) is 7.99. The molecule has 1 heterocycles. The van der Waals surface area contributed by atoms with Crippen LogP contribution in [0.15, 0.2) is 18.2 Å². The van der Waals surface area contributed by atoms with Crippen molar-refractivity contribution in [3.63, 3.8) is 0 Å². The lowest BCUT2D eigenvalue weighted by molar-refractivity contribution is 0.632. The van der Waals surface area contributed by atoms with Crippen LogP contribution >= 0.6 is 0 Å². The molecule has 4 nitrogen and oxygen atoms in total. The number of nitrogens with two attached hydrogens (primary N) is 1. The normalized spacial score (nSPS) is 11.1. The van der Waals surface area contributed by atoms with Crippen LogP contribution in [-0.4, -0.2) is 14.8 Å². The van der Waals surface area contributed by atoms with E-state index in [0.29, 0.717) is 5.82 Å². The number of rotatable bonds is 2. The van der Waals surface area contributed by atoms with Crippen LogP contribution in [0.3, 0.4) is 0 Å². The number of halogens is 1. The molecule has 2 N–H and O–H groups in total. The quantitative estimate of drug-likeness (QED) is 0.811. The molecular weight excluding hydrogens is 219 g/mol. The van der Waals surface area contributed by atoms with Crippen molar-refractivity contribution in [1.29, 1.82) is 0 Å². The molecule has 0 aliphatic carbocycles. The lowest BCUT2D eigenvalue weighted by atomic mass is 10.2. The summed E-state index contributed by atoms with van der Waals surface area (Å²) in [6, 6.07) is 4.57. The zero-order valence-electron chi connectivity index (χ0n) is 10.1. The Hall–Kier alpha value is -1.91. The standard InChI is InChI=1S/C12H15FN4/c1-7(2)11-15-12(17(3)16-11)8-4-5-9(13)10(14)6-8/h4-7H,14H2,1-3H3. The molecule has 0 aliphatic heterocycles. The maximum Gasteiger partial charge on any atom is 0.158 e. The van der Waals surface area contributed by atoms with Gasteiger partial charge in [-0.15, -0.1) is 0 Å². The summed E-state index contributed by atoms with van der Waals surface area (Å²) in [6.07, 6.45) is 0. The first-order valence-corrected chi connectivity index (χ1v) is 5.45. The van der Waals surface area contributed by atoms with Gasteiger partial charge in [-0.3, -0.25) is 0 Å². The largest absolute Gasteiger partial charge is 0.396 e. The molecular formula is C12H15FN4. The van der Waals surface area contributed by atoms with E-state index in [1.165, 1.54) is 6.07 Å². The van der Waals surface area contributed by atoms with E-state index in [0.717, 1.165) is 11.4 Å². The number of aromatic nitrogens is 3. The average molecular weight is 234 g/mol. The van der Waals surface area contributed by atoms with Gasteiger partial charge in [0.25, 0.3) is 0 Å². The lowest BCUT2D eigenvalue weighted by Gasteiger charge is -2.02. The van der Waals surface area contributed by atoms with Crippen LogP contribution in [0.1, 0.15) is 25.6 Å². The SMILES string of the molecule is CC(C)c1nc(-c2ccc(F)c(N)c2)n(C)n1. The van der Waals surface area contributed by atoms with E-state index in [2.05, 4.69) is 10.1 Å². The molecule has 0 saturated heterocycles. The van der Waals surface area contributed by atoms with Crippen molar-refractivity contribution in [3.05, 3.63) is 29.8 Å². The number of aryl methyl sites for hydroxylation is 1.